The fourth-order valence-electron chi connectivity index (χ4n) is 4.00. The minimum absolute atomic E-state index is 0.0571. The van der Waals surface area contributed by atoms with Crippen LogP contribution >= 0.6 is 0 Å². The van der Waals surface area contributed by atoms with Crippen molar-refractivity contribution in [1.29, 1.82) is 0 Å². The summed E-state index contributed by atoms with van der Waals surface area (Å²) in [6, 6.07) is -0.125. The van der Waals surface area contributed by atoms with Crippen LogP contribution in [0.1, 0.15) is 49.2 Å². The maximum absolute atomic E-state index is 12.8. The molecule has 2 saturated heterocycles. The summed E-state index contributed by atoms with van der Waals surface area (Å²) in [5.74, 6) is 0.0399. The van der Waals surface area contributed by atoms with Crippen LogP contribution in [-0.2, 0) is 16.6 Å². The molecule has 0 unspecified atom stereocenters. The average molecular weight is 412 g/mol. The van der Waals surface area contributed by atoms with Gasteiger partial charge in [-0.1, -0.05) is 6.42 Å². The molecule has 0 saturated carbocycles. The van der Waals surface area contributed by atoms with Crippen molar-refractivity contribution in [3.8, 4) is 0 Å². The normalized spacial score (nSPS) is 19.2. The standard InChI is InChI=1S/C19H33N5O3S/c1-4-23-15-18(16(3)20-23)19(25)22-13-17(14-22)24(28(26,27)5-2)12-11-21-9-7-6-8-10-21/h15,17H,4-14H2,1-3H3. The van der Waals surface area contributed by atoms with Gasteiger partial charge >= 0.3 is 0 Å². The Kier molecular flexibility index (Phi) is 6.77. The zero-order valence-electron chi connectivity index (χ0n) is 17.3. The first-order valence-electron chi connectivity index (χ1n) is 10.4. The van der Waals surface area contributed by atoms with E-state index >= 15 is 0 Å². The molecule has 0 atom stereocenters. The Labute approximate surface area is 168 Å². The Hall–Kier alpha value is -1.45. The molecule has 0 bridgehead atoms. The predicted molar refractivity (Wildman–Crippen MR) is 109 cm³/mol. The summed E-state index contributed by atoms with van der Waals surface area (Å²) in [4.78, 5) is 16.8. The van der Waals surface area contributed by atoms with Crippen LogP contribution in [0.3, 0.4) is 0 Å². The van der Waals surface area contributed by atoms with Crippen molar-refractivity contribution in [1.82, 2.24) is 23.9 Å². The van der Waals surface area contributed by atoms with Gasteiger partial charge in [-0.2, -0.15) is 9.40 Å². The van der Waals surface area contributed by atoms with Crippen LogP contribution in [0.25, 0.3) is 0 Å². The monoisotopic (exact) mass is 411 g/mol. The Bertz CT molecular complexity index is 779. The van der Waals surface area contributed by atoms with Gasteiger partial charge in [0, 0.05) is 38.9 Å². The van der Waals surface area contributed by atoms with Crippen molar-refractivity contribution >= 4 is 15.9 Å². The lowest BCUT2D eigenvalue weighted by molar-refractivity contribution is 0.0435. The van der Waals surface area contributed by atoms with Gasteiger partial charge in [-0.15, -0.1) is 0 Å². The summed E-state index contributed by atoms with van der Waals surface area (Å²) >= 11 is 0. The van der Waals surface area contributed by atoms with Gasteiger partial charge in [0.25, 0.3) is 5.91 Å². The lowest BCUT2D eigenvalue weighted by Gasteiger charge is -2.45. The number of piperidine rings is 1. The van der Waals surface area contributed by atoms with E-state index in [0.29, 0.717) is 25.2 Å². The lowest BCUT2D eigenvalue weighted by Crippen LogP contribution is -2.63. The molecule has 3 heterocycles. The van der Waals surface area contributed by atoms with Crippen molar-refractivity contribution < 1.29 is 13.2 Å². The van der Waals surface area contributed by atoms with Gasteiger partial charge in [-0.25, -0.2) is 8.42 Å². The van der Waals surface area contributed by atoms with Crippen molar-refractivity contribution in [3.05, 3.63) is 17.5 Å². The van der Waals surface area contributed by atoms with Crippen LogP contribution in [-0.4, -0.2) is 89.3 Å². The lowest BCUT2D eigenvalue weighted by atomic mass is 10.1. The maximum atomic E-state index is 12.8. The van der Waals surface area contributed by atoms with E-state index in [2.05, 4.69) is 10.00 Å². The minimum Gasteiger partial charge on any atom is -0.335 e. The van der Waals surface area contributed by atoms with E-state index in [1.54, 1.807) is 27.0 Å². The first-order valence-corrected chi connectivity index (χ1v) is 12.0. The Balaban J connectivity index is 1.61. The third-order valence-electron chi connectivity index (χ3n) is 5.86. The SMILES string of the molecule is CCn1cc(C(=O)N2CC(N(CCN3CCCCC3)S(=O)(=O)CC)C2)c(C)n1. The molecule has 3 rings (SSSR count). The molecule has 9 heteroatoms. The van der Waals surface area contributed by atoms with Gasteiger partial charge < -0.3 is 9.80 Å². The number of aryl methyl sites for hydroxylation is 2. The maximum Gasteiger partial charge on any atom is 0.257 e. The number of amides is 1. The van der Waals surface area contributed by atoms with E-state index < -0.39 is 10.0 Å². The molecule has 1 amide bonds. The Morgan fingerprint density at radius 3 is 2.46 bits per heavy atom. The van der Waals surface area contributed by atoms with Crippen LogP contribution in [0.2, 0.25) is 0 Å². The minimum atomic E-state index is -3.29. The van der Waals surface area contributed by atoms with Gasteiger partial charge in [-0.3, -0.25) is 9.48 Å². The number of sulfonamides is 1. The molecule has 0 spiro atoms. The second kappa shape index (κ2) is 8.92. The summed E-state index contributed by atoms with van der Waals surface area (Å²) in [6.07, 6.45) is 5.43. The molecule has 0 aromatic carbocycles. The van der Waals surface area contributed by atoms with E-state index in [4.69, 9.17) is 0 Å². The van der Waals surface area contributed by atoms with Gasteiger partial charge in [0.05, 0.1) is 23.1 Å². The molecule has 2 aliphatic rings. The van der Waals surface area contributed by atoms with Crippen LogP contribution < -0.4 is 0 Å². The molecule has 1 aromatic heterocycles. The zero-order chi connectivity index (χ0) is 20.3. The molecular formula is C19H33N5O3S. The second-order valence-electron chi connectivity index (χ2n) is 7.76. The van der Waals surface area contributed by atoms with Gasteiger partial charge in [-0.05, 0) is 46.7 Å². The van der Waals surface area contributed by atoms with Crippen molar-refractivity contribution in [2.45, 2.75) is 52.6 Å². The summed E-state index contributed by atoms with van der Waals surface area (Å²) in [5, 5.41) is 4.34. The Morgan fingerprint density at radius 1 is 1.21 bits per heavy atom. The molecule has 0 radical (unpaired) electrons. The van der Waals surface area contributed by atoms with Crippen LogP contribution in [0.5, 0.6) is 0 Å². The summed E-state index contributed by atoms with van der Waals surface area (Å²) in [6.45, 7) is 10.5. The fourth-order valence-corrected chi connectivity index (χ4v) is 5.28. The Morgan fingerprint density at radius 2 is 1.89 bits per heavy atom. The highest BCUT2D eigenvalue weighted by Crippen LogP contribution is 2.22. The fraction of sp³-hybridized carbons (Fsp3) is 0.789. The molecular weight excluding hydrogens is 378 g/mol. The number of likely N-dealkylation sites (tertiary alicyclic amines) is 2. The zero-order valence-corrected chi connectivity index (χ0v) is 18.1. The highest BCUT2D eigenvalue weighted by atomic mass is 32.2. The number of aromatic nitrogens is 2. The highest BCUT2D eigenvalue weighted by molar-refractivity contribution is 7.89. The second-order valence-corrected chi connectivity index (χ2v) is 9.97. The molecule has 158 valence electrons. The molecule has 0 N–H and O–H groups in total. The number of hydrogen-bond acceptors (Lipinski definition) is 5. The molecule has 2 fully saturated rings. The largest absolute Gasteiger partial charge is 0.335 e. The topological polar surface area (TPSA) is 78.8 Å². The van der Waals surface area contributed by atoms with Gasteiger partial charge in [0.15, 0.2) is 0 Å². The van der Waals surface area contributed by atoms with Crippen molar-refractivity contribution in [2.75, 3.05) is 45.0 Å². The molecule has 1 aromatic rings. The number of nitrogens with zero attached hydrogens (tertiary/aromatic N) is 5. The quantitative estimate of drug-likeness (QED) is 0.642. The predicted octanol–water partition coefficient (Wildman–Crippen LogP) is 1.17. The van der Waals surface area contributed by atoms with E-state index in [9.17, 15) is 13.2 Å². The highest BCUT2D eigenvalue weighted by Gasteiger charge is 2.40. The summed E-state index contributed by atoms with van der Waals surface area (Å²) in [5.41, 5.74) is 1.33. The van der Waals surface area contributed by atoms with E-state index in [0.717, 1.165) is 31.9 Å². The number of carbonyl (C=O) groups excluding carboxylic acids is 1. The molecule has 8 nitrogen and oxygen atoms in total. The van der Waals surface area contributed by atoms with Crippen LogP contribution in [0, 0.1) is 6.92 Å². The first kappa shape index (κ1) is 21.3. The first-order chi connectivity index (χ1) is 13.4. The van der Waals surface area contributed by atoms with Crippen LogP contribution in [0.15, 0.2) is 6.20 Å². The van der Waals surface area contributed by atoms with E-state index in [-0.39, 0.29) is 17.7 Å². The third-order valence-corrected chi connectivity index (χ3v) is 7.79. The van der Waals surface area contributed by atoms with Crippen molar-refractivity contribution in [2.24, 2.45) is 0 Å². The summed E-state index contributed by atoms with van der Waals surface area (Å²) < 4.78 is 28.7. The van der Waals surface area contributed by atoms with Gasteiger partial charge in [0.1, 0.15) is 0 Å². The third kappa shape index (κ3) is 4.58. The van der Waals surface area contributed by atoms with E-state index in [1.807, 2.05) is 13.8 Å². The average Bonchev–Trinajstić information content (AvgIpc) is 3.04. The van der Waals surface area contributed by atoms with Gasteiger partial charge in [0.2, 0.25) is 10.0 Å². The number of hydrogen-bond donors (Lipinski definition) is 0. The summed E-state index contributed by atoms with van der Waals surface area (Å²) in [7, 11) is -3.29. The number of carbonyl (C=O) groups is 1. The molecule has 0 aliphatic carbocycles. The molecule has 2 aliphatic heterocycles. The van der Waals surface area contributed by atoms with Crippen LogP contribution in [0.4, 0.5) is 0 Å². The number of rotatable bonds is 8. The smallest absolute Gasteiger partial charge is 0.257 e. The molecule has 28 heavy (non-hydrogen) atoms. The van der Waals surface area contributed by atoms with E-state index in [1.165, 1.54) is 19.3 Å². The van der Waals surface area contributed by atoms with Crippen molar-refractivity contribution in [3.63, 3.8) is 0 Å².